The number of nitrogens with zero attached hydrogens (tertiary/aromatic N) is 3. The molecule has 0 saturated heterocycles. The van der Waals surface area contributed by atoms with Gasteiger partial charge in [0, 0.05) is 42.4 Å². The third-order valence-electron chi connectivity index (χ3n) is 5.23. The van der Waals surface area contributed by atoms with Crippen molar-refractivity contribution in [1.82, 2.24) is 15.1 Å². The molecule has 1 N–H and O–H groups in total. The topological polar surface area (TPSA) is 53.5 Å². The van der Waals surface area contributed by atoms with Crippen LogP contribution in [0.4, 0.5) is 13.2 Å². The highest BCUT2D eigenvalue weighted by Gasteiger charge is 2.33. The van der Waals surface area contributed by atoms with Gasteiger partial charge in [0.25, 0.3) is 0 Å². The van der Waals surface area contributed by atoms with Gasteiger partial charge in [0.15, 0.2) is 0 Å². The zero-order chi connectivity index (χ0) is 23.1. The van der Waals surface area contributed by atoms with E-state index in [0.29, 0.717) is 42.9 Å². The van der Waals surface area contributed by atoms with Crippen LogP contribution in [0.15, 0.2) is 53.7 Å². The number of rotatable bonds is 10. The molecule has 3 rings (SSSR count). The number of aliphatic imine (C=N–C) groups is 1. The Balaban J connectivity index is 1.90. The predicted octanol–water partition coefficient (Wildman–Crippen LogP) is 5.16. The first-order valence-electron chi connectivity index (χ1n) is 10.3. The summed E-state index contributed by atoms with van der Waals surface area (Å²) in [7, 11) is 1.92. The highest BCUT2D eigenvalue weighted by molar-refractivity contribution is 5.70. The number of hydrogen-bond acceptors (Lipinski definition) is 4. The molecule has 5 nitrogen and oxygen atoms in total. The molecule has 32 heavy (non-hydrogen) atoms. The van der Waals surface area contributed by atoms with E-state index in [0.717, 1.165) is 23.3 Å². The Labute approximate surface area is 185 Å². The van der Waals surface area contributed by atoms with E-state index in [4.69, 9.17) is 4.74 Å². The summed E-state index contributed by atoms with van der Waals surface area (Å²) in [6.07, 6.45) is -2.19. The van der Waals surface area contributed by atoms with Crippen molar-refractivity contribution in [3.63, 3.8) is 0 Å². The molecule has 0 saturated carbocycles. The molecule has 2 aromatic carbocycles. The molecule has 0 spiro atoms. The molecule has 0 radical (unpaired) electrons. The Morgan fingerprint density at radius 1 is 1.19 bits per heavy atom. The first-order valence-corrected chi connectivity index (χ1v) is 10.3. The summed E-state index contributed by atoms with van der Waals surface area (Å²) >= 11 is 0. The summed E-state index contributed by atoms with van der Waals surface area (Å²) in [4.78, 5) is 5.86. The quantitative estimate of drug-likeness (QED) is 0.440. The number of hydrogen-bond donors (Lipinski definition) is 1. The zero-order valence-electron chi connectivity index (χ0n) is 18.2. The van der Waals surface area contributed by atoms with Crippen molar-refractivity contribution in [3.8, 4) is 17.0 Å². The number of alkyl halides is 3. The van der Waals surface area contributed by atoms with Crippen LogP contribution in [0.25, 0.3) is 11.3 Å². The Morgan fingerprint density at radius 2 is 1.94 bits per heavy atom. The van der Waals surface area contributed by atoms with Crippen LogP contribution in [-0.2, 0) is 19.1 Å². The number of aromatic nitrogens is 2. The lowest BCUT2D eigenvalue weighted by atomic mass is 9.98. The predicted molar refractivity (Wildman–Crippen MR) is 120 cm³/mol. The van der Waals surface area contributed by atoms with E-state index >= 15 is 0 Å². The van der Waals surface area contributed by atoms with Gasteiger partial charge in [0.1, 0.15) is 5.75 Å². The van der Waals surface area contributed by atoms with Gasteiger partial charge in [-0.3, -0.25) is 10.1 Å². The van der Waals surface area contributed by atoms with Crippen molar-refractivity contribution in [2.45, 2.75) is 26.1 Å². The molecule has 8 heteroatoms. The molecule has 0 aliphatic carbocycles. The molecule has 0 aliphatic rings. The van der Waals surface area contributed by atoms with E-state index in [1.807, 2.05) is 42.3 Å². The van der Waals surface area contributed by atoms with Gasteiger partial charge in [-0.1, -0.05) is 30.3 Å². The number of benzene rings is 2. The summed E-state index contributed by atoms with van der Waals surface area (Å²) in [5.41, 5.74) is 2.61. The standard InChI is InChI=1S/C24H27F3N4O/c1-17-21(23-19(15-29-30-23)16-31(3)11-10-28-2)13-20(24(25,26)27)14-22(17)32-12-9-18-7-5-4-6-8-18/h4-8,13-15H,2,9-12,16H2,1,3H3,(H,29,30). The zero-order valence-corrected chi connectivity index (χ0v) is 18.2. The smallest absolute Gasteiger partial charge is 0.416 e. The first kappa shape index (κ1) is 23.5. The summed E-state index contributed by atoms with van der Waals surface area (Å²) < 4.78 is 46.8. The lowest BCUT2D eigenvalue weighted by molar-refractivity contribution is -0.137. The van der Waals surface area contributed by atoms with Crippen molar-refractivity contribution < 1.29 is 17.9 Å². The van der Waals surface area contributed by atoms with E-state index in [9.17, 15) is 13.2 Å². The van der Waals surface area contributed by atoms with E-state index in [1.165, 1.54) is 0 Å². The van der Waals surface area contributed by atoms with Crippen LogP contribution in [-0.4, -0.2) is 48.6 Å². The van der Waals surface area contributed by atoms with Crippen LogP contribution < -0.4 is 4.74 Å². The monoisotopic (exact) mass is 444 g/mol. The number of ether oxygens (including phenoxy) is 1. The summed E-state index contributed by atoms with van der Waals surface area (Å²) in [5.74, 6) is 0.212. The Kier molecular flexibility index (Phi) is 7.69. The minimum absolute atomic E-state index is 0.212. The normalized spacial score (nSPS) is 11.7. The van der Waals surface area contributed by atoms with Crippen LogP contribution in [0, 0.1) is 6.92 Å². The number of likely N-dealkylation sites (N-methyl/N-ethyl adjacent to an activating group) is 1. The van der Waals surface area contributed by atoms with Crippen LogP contribution in [0.3, 0.4) is 0 Å². The van der Waals surface area contributed by atoms with Gasteiger partial charge < -0.3 is 9.64 Å². The Hall–Kier alpha value is -3.13. The van der Waals surface area contributed by atoms with Gasteiger partial charge in [-0.2, -0.15) is 18.3 Å². The highest BCUT2D eigenvalue weighted by Crippen LogP contribution is 2.39. The van der Waals surface area contributed by atoms with E-state index in [-0.39, 0.29) is 12.4 Å². The molecule has 0 atom stereocenters. The van der Waals surface area contributed by atoms with E-state index in [1.54, 1.807) is 13.1 Å². The third-order valence-corrected chi connectivity index (χ3v) is 5.23. The van der Waals surface area contributed by atoms with Gasteiger partial charge in [0.05, 0.1) is 24.4 Å². The molecule has 0 amide bonds. The molecule has 1 aromatic heterocycles. The second-order valence-corrected chi connectivity index (χ2v) is 7.67. The van der Waals surface area contributed by atoms with Gasteiger partial charge in [0.2, 0.25) is 0 Å². The summed E-state index contributed by atoms with van der Waals surface area (Å²) in [6, 6.07) is 11.9. The molecule has 0 unspecified atom stereocenters. The molecule has 170 valence electrons. The maximum Gasteiger partial charge on any atom is 0.416 e. The fourth-order valence-electron chi connectivity index (χ4n) is 3.45. The van der Waals surface area contributed by atoms with Crippen molar-refractivity contribution in [3.05, 3.63) is 70.9 Å². The average Bonchev–Trinajstić information content (AvgIpc) is 3.21. The summed E-state index contributed by atoms with van der Waals surface area (Å²) in [5, 5.41) is 7.06. The van der Waals surface area contributed by atoms with E-state index in [2.05, 4.69) is 21.9 Å². The minimum atomic E-state index is -4.50. The molecule has 0 aliphatic heterocycles. The maximum atomic E-state index is 13.7. The van der Waals surface area contributed by atoms with Crippen LogP contribution in [0.5, 0.6) is 5.75 Å². The number of aromatic amines is 1. The number of H-pyrrole nitrogens is 1. The lowest BCUT2D eigenvalue weighted by Gasteiger charge is -2.18. The fraction of sp³-hybridized carbons (Fsp3) is 0.333. The molecule has 0 fully saturated rings. The second kappa shape index (κ2) is 10.5. The molecular weight excluding hydrogens is 417 g/mol. The molecule has 3 aromatic rings. The summed E-state index contributed by atoms with van der Waals surface area (Å²) in [6.45, 7) is 7.29. The SMILES string of the molecule is C=NCCN(C)Cc1c[nH]nc1-c1cc(C(F)(F)F)cc(OCCc2ccccc2)c1C. The van der Waals surface area contributed by atoms with Crippen molar-refractivity contribution in [2.75, 3.05) is 26.7 Å². The van der Waals surface area contributed by atoms with Crippen molar-refractivity contribution >= 4 is 6.72 Å². The minimum Gasteiger partial charge on any atom is -0.493 e. The average molecular weight is 445 g/mol. The Bertz CT molecular complexity index is 1030. The third kappa shape index (κ3) is 5.97. The molecular formula is C24H27F3N4O. The Morgan fingerprint density at radius 3 is 2.62 bits per heavy atom. The second-order valence-electron chi connectivity index (χ2n) is 7.67. The number of halogens is 3. The lowest BCUT2D eigenvalue weighted by Crippen LogP contribution is -2.21. The van der Waals surface area contributed by atoms with Gasteiger partial charge in [-0.25, -0.2) is 0 Å². The van der Waals surface area contributed by atoms with Crippen LogP contribution >= 0.6 is 0 Å². The van der Waals surface area contributed by atoms with Crippen LogP contribution in [0.2, 0.25) is 0 Å². The van der Waals surface area contributed by atoms with E-state index < -0.39 is 11.7 Å². The van der Waals surface area contributed by atoms with Gasteiger partial charge >= 0.3 is 6.18 Å². The van der Waals surface area contributed by atoms with Gasteiger partial charge in [-0.15, -0.1) is 0 Å². The number of nitrogens with one attached hydrogen (secondary N) is 1. The van der Waals surface area contributed by atoms with Crippen molar-refractivity contribution in [2.24, 2.45) is 4.99 Å². The molecule has 0 bridgehead atoms. The molecule has 1 heterocycles. The van der Waals surface area contributed by atoms with Crippen LogP contribution in [0.1, 0.15) is 22.3 Å². The highest BCUT2D eigenvalue weighted by atomic mass is 19.4. The fourth-order valence-corrected chi connectivity index (χ4v) is 3.45. The maximum absolute atomic E-state index is 13.7. The van der Waals surface area contributed by atoms with Crippen molar-refractivity contribution in [1.29, 1.82) is 0 Å². The largest absolute Gasteiger partial charge is 0.493 e. The first-order chi connectivity index (χ1) is 15.3. The van der Waals surface area contributed by atoms with Gasteiger partial charge in [-0.05, 0) is 38.4 Å².